The third-order valence-corrected chi connectivity index (χ3v) is 4.39. The molecular weight excluding hydrogens is 342 g/mol. The quantitative estimate of drug-likeness (QED) is 0.720. The fourth-order valence-electron chi connectivity index (χ4n) is 3.17. The lowest BCUT2D eigenvalue weighted by Gasteiger charge is -2.27. The van der Waals surface area contributed by atoms with E-state index in [-0.39, 0.29) is 6.61 Å². The largest absolute Gasteiger partial charge is 0.457 e. The number of fused-ring (bicyclic) bond motifs is 1. The number of carbonyl (C=O) groups is 1. The standard InChI is InChI=1S/C20H19N5O2/c1-13-17(19(26)27-12-15-7-4-3-5-8-15)18(16-9-6-10-21-11-16)25-20(22-13)23-14(2)24-25/h3-11,18H,12H2,1-2H3,(H,22,23,24)/t18-/m0/s1. The zero-order chi connectivity index (χ0) is 18.8. The summed E-state index contributed by atoms with van der Waals surface area (Å²) in [6.45, 7) is 3.87. The summed E-state index contributed by atoms with van der Waals surface area (Å²) in [6.07, 6.45) is 3.43. The number of hydrogen-bond acceptors (Lipinski definition) is 6. The molecule has 0 unspecified atom stereocenters. The molecule has 1 atom stereocenters. The Morgan fingerprint density at radius 1 is 1.19 bits per heavy atom. The van der Waals surface area contributed by atoms with Gasteiger partial charge < -0.3 is 10.1 Å². The number of nitrogens with one attached hydrogen (secondary N) is 1. The van der Waals surface area contributed by atoms with Crippen LogP contribution in [0.3, 0.4) is 0 Å². The molecule has 0 aliphatic carbocycles. The van der Waals surface area contributed by atoms with Crippen LogP contribution in [0.2, 0.25) is 0 Å². The van der Waals surface area contributed by atoms with Gasteiger partial charge in [-0.1, -0.05) is 36.4 Å². The van der Waals surface area contributed by atoms with Crippen molar-refractivity contribution in [2.45, 2.75) is 26.5 Å². The number of allylic oxidation sites excluding steroid dienone is 1. The van der Waals surface area contributed by atoms with Crippen molar-refractivity contribution in [3.05, 3.63) is 83.1 Å². The second-order valence-corrected chi connectivity index (χ2v) is 6.34. The van der Waals surface area contributed by atoms with Gasteiger partial charge in [-0.15, -0.1) is 0 Å². The van der Waals surface area contributed by atoms with Gasteiger partial charge in [0.25, 0.3) is 0 Å². The third-order valence-electron chi connectivity index (χ3n) is 4.39. The number of nitrogens with zero attached hydrogens (tertiary/aromatic N) is 4. The maximum Gasteiger partial charge on any atom is 0.338 e. The van der Waals surface area contributed by atoms with Crippen molar-refractivity contribution >= 4 is 11.9 Å². The highest BCUT2D eigenvalue weighted by molar-refractivity contribution is 5.92. The number of rotatable bonds is 4. The number of aromatic nitrogens is 4. The molecule has 0 saturated heterocycles. The summed E-state index contributed by atoms with van der Waals surface area (Å²) in [5, 5.41) is 7.63. The molecule has 0 bridgehead atoms. The van der Waals surface area contributed by atoms with Crippen molar-refractivity contribution in [3.8, 4) is 0 Å². The number of anilines is 1. The first-order chi connectivity index (χ1) is 13.1. The Hall–Kier alpha value is -3.48. The summed E-state index contributed by atoms with van der Waals surface area (Å²) in [5.41, 5.74) is 2.97. The highest BCUT2D eigenvalue weighted by atomic mass is 16.5. The smallest absolute Gasteiger partial charge is 0.338 e. The molecule has 1 aliphatic heterocycles. The number of ether oxygens (including phenoxy) is 1. The van der Waals surface area contributed by atoms with Crippen LogP contribution in [-0.2, 0) is 16.1 Å². The second-order valence-electron chi connectivity index (χ2n) is 6.34. The van der Waals surface area contributed by atoms with Crippen molar-refractivity contribution in [2.75, 3.05) is 5.32 Å². The summed E-state index contributed by atoms with van der Waals surface area (Å²) in [7, 11) is 0. The van der Waals surface area contributed by atoms with Crippen LogP contribution >= 0.6 is 0 Å². The van der Waals surface area contributed by atoms with Crippen molar-refractivity contribution in [2.24, 2.45) is 0 Å². The molecule has 7 heteroatoms. The van der Waals surface area contributed by atoms with Crippen molar-refractivity contribution in [3.63, 3.8) is 0 Å². The highest BCUT2D eigenvalue weighted by Crippen LogP contribution is 2.35. The van der Waals surface area contributed by atoms with Gasteiger partial charge in [0.2, 0.25) is 5.95 Å². The summed E-state index contributed by atoms with van der Waals surface area (Å²) < 4.78 is 7.30. The first-order valence-electron chi connectivity index (χ1n) is 8.65. The average Bonchev–Trinajstić information content (AvgIpc) is 3.06. The lowest BCUT2D eigenvalue weighted by Crippen LogP contribution is -2.29. The first kappa shape index (κ1) is 17.0. The molecule has 1 aliphatic rings. The molecule has 2 aromatic heterocycles. The Bertz CT molecular complexity index is 996. The van der Waals surface area contributed by atoms with E-state index in [2.05, 4.69) is 20.4 Å². The Balaban J connectivity index is 1.69. The topological polar surface area (TPSA) is 81.9 Å². The lowest BCUT2D eigenvalue weighted by molar-refractivity contribution is -0.140. The van der Waals surface area contributed by atoms with Gasteiger partial charge in [0, 0.05) is 18.1 Å². The molecule has 0 radical (unpaired) electrons. The Morgan fingerprint density at radius 3 is 2.74 bits per heavy atom. The van der Waals surface area contributed by atoms with Gasteiger partial charge in [0.15, 0.2) is 0 Å². The molecule has 0 amide bonds. The number of aryl methyl sites for hydroxylation is 1. The van der Waals surface area contributed by atoms with Crippen molar-refractivity contribution in [1.29, 1.82) is 0 Å². The summed E-state index contributed by atoms with van der Waals surface area (Å²) in [6, 6.07) is 12.9. The second kappa shape index (κ2) is 7.03. The molecule has 27 heavy (non-hydrogen) atoms. The van der Waals surface area contributed by atoms with Gasteiger partial charge in [-0.05, 0) is 31.0 Å². The molecule has 136 valence electrons. The third kappa shape index (κ3) is 3.31. The lowest BCUT2D eigenvalue weighted by atomic mass is 9.97. The maximum atomic E-state index is 13.0. The van der Waals surface area contributed by atoms with Crippen molar-refractivity contribution in [1.82, 2.24) is 19.7 Å². The van der Waals surface area contributed by atoms with Crippen molar-refractivity contribution < 1.29 is 9.53 Å². The molecule has 0 saturated carbocycles. The predicted molar refractivity (Wildman–Crippen MR) is 99.7 cm³/mol. The molecule has 7 nitrogen and oxygen atoms in total. The maximum absolute atomic E-state index is 13.0. The minimum atomic E-state index is -0.445. The highest BCUT2D eigenvalue weighted by Gasteiger charge is 2.35. The van der Waals surface area contributed by atoms with E-state index in [0.717, 1.165) is 11.1 Å². The van der Waals surface area contributed by atoms with Gasteiger partial charge in [0.05, 0.1) is 5.57 Å². The monoisotopic (exact) mass is 361 g/mol. The van der Waals surface area contributed by atoms with Crippen LogP contribution in [0.5, 0.6) is 0 Å². The predicted octanol–water partition coefficient (Wildman–Crippen LogP) is 3.01. The van der Waals surface area contributed by atoms with Crippen LogP contribution in [0.15, 0.2) is 66.1 Å². The SMILES string of the molecule is CC1=C(C(=O)OCc2ccccc2)[C@H](c2cccnc2)n2nc(C)nc2N1. The number of esters is 1. The Kier molecular flexibility index (Phi) is 4.42. The molecule has 0 spiro atoms. The van der Waals surface area contributed by atoms with E-state index in [0.29, 0.717) is 23.0 Å². The van der Waals surface area contributed by atoms with E-state index < -0.39 is 12.0 Å². The van der Waals surface area contributed by atoms with Crippen LogP contribution in [-0.4, -0.2) is 25.7 Å². The van der Waals surface area contributed by atoms with E-state index in [4.69, 9.17) is 4.74 Å². The zero-order valence-electron chi connectivity index (χ0n) is 15.1. The molecular formula is C20H19N5O2. The van der Waals surface area contributed by atoms with Gasteiger partial charge >= 0.3 is 5.97 Å². The fraction of sp³-hybridized carbons (Fsp3) is 0.200. The van der Waals surface area contributed by atoms with E-state index in [1.807, 2.05) is 56.3 Å². The molecule has 3 heterocycles. The summed E-state index contributed by atoms with van der Waals surface area (Å²) >= 11 is 0. The van der Waals surface area contributed by atoms with E-state index in [1.165, 1.54) is 0 Å². The number of benzene rings is 1. The van der Waals surface area contributed by atoms with Crippen LogP contribution < -0.4 is 5.32 Å². The van der Waals surface area contributed by atoms with Gasteiger partial charge in [-0.25, -0.2) is 9.48 Å². The first-order valence-corrected chi connectivity index (χ1v) is 8.65. The number of hydrogen-bond donors (Lipinski definition) is 1. The zero-order valence-corrected chi connectivity index (χ0v) is 15.1. The number of pyridine rings is 1. The van der Waals surface area contributed by atoms with Crippen LogP contribution in [0.4, 0.5) is 5.95 Å². The molecule has 3 aromatic rings. The van der Waals surface area contributed by atoms with Crippen LogP contribution in [0.1, 0.15) is 29.9 Å². The van der Waals surface area contributed by atoms with Gasteiger partial charge in [0.1, 0.15) is 18.5 Å². The summed E-state index contributed by atoms with van der Waals surface area (Å²) in [4.78, 5) is 21.6. The minimum absolute atomic E-state index is 0.208. The average molecular weight is 361 g/mol. The Morgan fingerprint density at radius 2 is 2.00 bits per heavy atom. The van der Waals surface area contributed by atoms with E-state index in [9.17, 15) is 4.79 Å². The van der Waals surface area contributed by atoms with Crippen LogP contribution in [0, 0.1) is 6.92 Å². The summed E-state index contributed by atoms with van der Waals surface area (Å²) in [5.74, 6) is 0.827. The molecule has 1 aromatic carbocycles. The normalized spacial score (nSPS) is 15.9. The molecule has 0 fully saturated rings. The van der Waals surface area contributed by atoms with E-state index >= 15 is 0 Å². The minimum Gasteiger partial charge on any atom is -0.457 e. The van der Waals surface area contributed by atoms with E-state index in [1.54, 1.807) is 17.1 Å². The number of carbonyl (C=O) groups excluding carboxylic acids is 1. The molecule has 1 N–H and O–H groups in total. The molecule has 4 rings (SSSR count). The van der Waals surface area contributed by atoms with Gasteiger partial charge in [-0.2, -0.15) is 10.1 Å². The van der Waals surface area contributed by atoms with Gasteiger partial charge in [-0.3, -0.25) is 4.98 Å². The fourth-order valence-corrected chi connectivity index (χ4v) is 3.17. The van der Waals surface area contributed by atoms with Crippen LogP contribution in [0.25, 0.3) is 0 Å². The Labute approximate surface area is 156 Å².